The van der Waals surface area contributed by atoms with E-state index in [1.54, 1.807) is 17.0 Å². The lowest BCUT2D eigenvalue weighted by molar-refractivity contribution is -0.930. The monoisotopic (exact) mass is 391 g/mol. The van der Waals surface area contributed by atoms with Gasteiger partial charge in [0.05, 0.1) is 17.8 Å². The number of ketones is 1. The van der Waals surface area contributed by atoms with Gasteiger partial charge in [-0.25, -0.2) is 0 Å². The third kappa shape index (κ3) is 2.28. The van der Waals surface area contributed by atoms with Gasteiger partial charge in [-0.3, -0.25) is 14.5 Å². The standard InChI is InChI=1S/C17H15BrN2O2S/c1-10-11-6-8-23-14(11)5-7-19(10)9-20-15-12(16(21)17(20)22)3-2-4-13(15)18/h2-4,6,8,10H,5,7,9H2,1H3/p+1/t10-/m1/s1. The minimum absolute atomic E-state index is 0.333. The van der Waals surface area contributed by atoms with Crippen LogP contribution in [-0.2, 0) is 11.2 Å². The van der Waals surface area contributed by atoms with Gasteiger partial charge in [0, 0.05) is 21.3 Å². The number of halogens is 1. The Labute approximate surface area is 146 Å². The fraction of sp³-hybridized carbons (Fsp3) is 0.294. The van der Waals surface area contributed by atoms with Crippen LogP contribution < -0.4 is 9.80 Å². The van der Waals surface area contributed by atoms with E-state index in [9.17, 15) is 9.59 Å². The normalized spacial score (nSPS) is 23.1. The molecule has 0 bridgehead atoms. The van der Waals surface area contributed by atoms with Gasteiger partial charge in [0.1, 0.15) is 6.04 Å². The number of amides is 1. The maximum atomic E-state index is 12.4. The number of nitrogens with zero attached hydrogens (tertiary/aromatic N) is 1. The number of benzene rings is 1. The molecule has 23 heavy (non-hydrogen) atoms. The van der Waals surface area contributed by atoms with Crippen LogP contribution in [-0.4, -0.2) is 24.9 Å². The van der Waals surface area contributed by atoms with Gasteiger partial charge >= 0.3 is 5.91 Å². The average Bonchev–Trinajstić information content (AvgIpc) is 3.10. The molecule has 0 fully saturated rings. The first kappa shape index (κ1) is 15.1. The van der Waals surface area contributed by atoms with Crippen LogP contribution in [0, 0.1) is 0 Å². The lowest BCUT2D eigenvalue weighted by atomic mass is 10.0. The minimum atomic E-state index is -0.414. The van der Waals surface area contributed by atoms with Gasteiger partial charge < -0.3 is 4.90 Å². The van der Waals surface area contributed by atoms with E-state index < -0.39 is 11.7 Å². The van der Waals surface area contributed by atoms with Gasteiger partial charge in [-0.2, -0.15) is 0 Å². The number of Topliss-reactive ketones (excluding diaryl/α,β-unsaturated/α-hetero) is 1. The number of hydrogen-bond acceptors (Lipinski definition) is 3. The molecular formula is C17H16BrN2O2S+. The number of fused-ring (bicyclic) bond motifs is 2. The second-order valence-electron chi connectivity index (χ2n) is 6.04. The number of hydrogen-bond donors (Lipinski definition) is 1. The highest BCUT2D eigenvalue weighted by atomic mass is 79.9. The van der Waals surface area contributed by atoms with Crippen LogP contribution in [0.5, 0.6) is 0 Å². The second-order valence-corrected chi connectivity index (χ2v) is 7.89. The Balaban J connectivity index is 1.66. The van der Waals surface area contributed by atoms with Crippen molar-refractivity contribution in [2.24, 2.45) is 0 Å². The van der Waals surface area contributed by atoms with Crippen molar-refractivity contribution in [3.63, 3.8) is 0 Å². The van der Waals surface area contributed by atoms with E-state index in [4.69, 9.17) is 0 Å². The Morgan fingerprint density at radius 2 is 2.17 bits per heavy atom. The minimum Gasteiger partial charge on any atom is -0.311 e. The SMILES string of the molecule is C[C@@H]1c2ccsc2CC[NH+]1CN1C(=O)C(=O)c2cccc(Br)c21. The average molecular weight is 392 g/mol. The van der Waals surface area contributed by atoms with Crippen molar-refractivity contribution >= 4 is 44.6 Å². The summed E-state index contributed by atoms with van der Waals surface area (Å²) in [7, 11) is 0. The Hall–Kier alpha value is -1.50. The Bertz CT molecular complexity index is 817. The summed E-state index contributed by atoms with van der Waals surface area (Å²) in [6.07, 6.45) is 1.03. The molecule has 1 aromatic carbocycles. The molecule has 2 atom stereocenters. The zero-order valence-corrected chi connectivity index (χ0v) is 15.0. The Morgan fingerprint density at radius 3 is 3.00 bits per heavy atom. The molecule has 0 saturated carbocycles. The number of carbonyl (C=O) groups is 2. The molecule has 6 heteroatoms. The number of para-hydroxylation sites is 1. The van der Waals surface area contributed by atoms with E-state index in [1.807, 2.05) is 17.4 Å². The van der Waals surface area contributed by atoms with Crippen LogP contribution >= 0.6 is 27.3 Å². The second kappa shape index (κ2) is 5.54. The fourth-order valence-corrected chi connectivity index (χ4v) is 5.09. The lowest BCUT2D eigenvalue weighted by Gasteiger charge is -2.33. The van der Waals surface area contributed by atoms with Crippen LogP contribution in [0.25, 0.3) is 0 Å². The number of quaternary nitrogens is 1. The lowest BCUT2D eigenvalue weighted by Crippen LogP contribution is -3.14. The summed E-state index contributed by atoms with van der Waals surface area (Å²) in [5, 5.41) is 2.14. The molecule has 4 rings (SSSR count). The molecule has 0 radical (unpaired) electrons. The van der Waals surface area contributed by atoms with Crippen LogP contribution in [0.3, 0.4) is 0 Å². The number of nitrogens with one attached hydrogen (secondary N) is 1. The number of anilines is 1. The van der Waals surface area contributed by atoms with E-state index >= 15 is 0 Å². The van der Waals surface area contributed by atoms with Crippen molar-refractivity contribution in [2.45, 2.75) is 19.4 Å². The van der Waals surface area contributed by atoms with Crippen molar-refractivity contribution < 1.29 is 14.5 Å². The van der Waals surface area contributed by atoms with Gasteiger partial charge in [0.15, 0.2) is 6.67 Å². The maximum absolute atomic E-state index is 12.4. The van der Waals surface area contributed by atoms with Crippen LogP contribution in [0.4, 0.5) is 5.69 Å². The molecule has 2 aromatic rings. The van der Waals surface area contributed by atoms with E-state index in [-0.39, 0.29) is 0 Å². The van der Waals surface area contributed by atoms with Gasteiger partial charge in [-0.1, -0.05) is 6.07 Å². The summed E-state index contributed by atoms with van der Waals surface area (Å²) in [6.45, 7) is 3.70. The fourth-order valence-electron chi connectivity index (χ4n) is 3.53. The molecule has 1 aromatic heterocycles. The van der Waals surface area contributed by atoms with E-state index in [2.05, 4.69) is 34.3 Å². The zero-order valence-electron chi connectivity index (χ0n) is 12.6. The molecule has 1 N–H and O–H groups in total. The molecule has 3 heterocycles. The molecule has 4 nitrogen and oxygen atoms in total. The Kier molecular flexibility index (Phi) is 3.63. The molecule has 0 aliphatic carbocycles. The van der Waals surface area contributed by atoms with Crippen LogP contribution in [0.1, 0.15) is 33.8 Å². The van der Waals surface area contributed by atoms with Crippen LogP contribution in [0.2, 0.25) is 0 Å². The molecular weight excluding hydrogens is 376 g/mol. The van der Waals surface area contributed by atoms with Gasteiger partial charge in [0.25, 0.3) is 5.78 Å². The molecule has 2 aliphatic rings. The van der Waals surface area contributed by atoms with Crippen molar-refractivity contribution in [1.29, 1.82) is 0 Å². The first-order valence-electron chi connectivity index (χ1n) is 7.63. The van der Waals surface area contributed by atoms with E-state index in [0.29, 0.717) is 18.3 Å². The third-order valence-electron chi connectivity index (χ3n) is 4.83. The molecule has 2 aliphatic heterocycles. The molecule has 118 valence electrons. The summed E-state index contributed by atoms with van der Waals surface area (Å²) in [6, 6.07) is 7.92. The highest BCUT2D eigenvalue weighted by Gasteiger charge is 2.40. The number of rotatable bonds is 2. The zero-order chi connectivity index (χ0) is 16.1. The molecule has 1 unspecified atom stereocenters. The van der Waals surface area contributed by atoms with Crippen LogP contribution in [0.15, 0.2) is 34.1 Å². The summed E-state index contributed by atoms with van der Waals surface area (Å²) in [5.41, 5.74) is 2.60. The summed E-state index contributed by atoms with van der Waals surface area (Å²) in [4.78, 5) is 29.1. The number of carbonyl (C=O) groups excluding carboxylic acids is 2. The van der Waals surface area contributed by atoms with Crippen molar-refractivity contribution in [2.75, 3.05) is 18.1 Å². The number of thiophene rings is 1. The summed E-state index contributed by atoms with van der Waals surface area (Å²) < 4.78 is 0.800. The summed E-state index contributed by atoms with van der Waals surface area (Å²) >= 11 is 5.30. The first-order chi connectivity index (χ1) is 11.1. The smallest absolute Gasteiger partial charge is 0.303 e. The van der Waals surface area contributed by atoms with Crippen molar-refractivity contribution in [1.82, 2.24) is 0 Å². The van der Waals surface area contributed by atoms with E-state index in [1.165, 1.54) is 15.3 Å². The molecule has 1 amide bonds. The maximum Gasteiger partial charge on any atom is 0.303 e. The Morgan fingerprint density at radius 1 is 1.35 bits per heavy atom. The molecule has 0 spiro atoms. The largest absolute Gasteiger partial charge is 0.311 e. The predicted molar refractivity (Wildman–Crippen MR) is 93.1 cm³/mol. The van der Waals surface area contributed by atoms with Gasteiger partial charge in [0.2, 0.25) is 0 Å². The van der Waals surface area contributed by atoms with Gasteiger partial charge in [-0.15, -0.1) is 11.3 Å². The van der Waals surface area contributed by atoms with Gasteiger partial charge in [-0.05, 0) is 46.4 Å². The van der Waals surface area contributed by atoms with Crippen molar-refractivity contribution in [3.8, 4) is 0 Å². The highest BCUT2D eigenvalue weighted by molar-refractivity contribution is 9.10. The quantitative estimate of drug-likeness (QED) is 0.797. The topological polar surface area (TPSA) is 41.8 Å². The third-order valence-corrected chi connectivity index (χ3v) is 6.47. The highest BCUT2D eigenvalue weighted by Crippen LogP contribution is 2.35. The first-order valence-corrected chi connectivity index (χ1v) is 9.30. The summed E-state index contributed by atoms with van der Waals surface area (Å²) in [5.74, 6) is -0.815. The van der Waals surface area contributed by atoms with E-state index in [0.717, 1.165) is 23.1 Å². The van der Waals surface area contributed by atoms with Crippen molar-refractivity contribution in [3.05, 3.63) is 50.1 Å². The predicted octanol–water partition coefficient (Wildman–Crippen LogP) is 2.20. The molecule has 0 saturated heterocycles.